The second-order valence-electron chi connectivity index (χ2n) is 5.89. The van der Waals surface area contributed by atoms with Crippen LogP contribution in [0.1, 0.15) is 35.5 Å². The van der Waals surface area contributed by atoms with E-state index in [1.165, 1.54) is 11.3 Å². The van der Waals surface area contributed by atoms with Crippen LogP contribution < -0.4 is 15.6 Å². The van der Waals surface area contributed by atoms with E-state index in [9.17, 15) is 9.59 Å². The standard InChI is InChI=1S/C19H21N3O3S/c1-4-10-22-11-20-18-15(19(22)24)12(3)16(26-18)17(23)21-13-6-8-14(9-7-13)25-5-2/h6-9,11H,4-5,10H2,1-3H3,(H,21,23). The van der Waals surface area contributed by atoms with Gasteiger partial charge in [0.2, 0.25) is 0 Å². The zero-order chi connectivity index (χ0) is 18.7. The lowest BCUT2D eigenvalue weighted by atomic mass is 10.2. The molecule has 0 aliphatic heterocycles. The third-order valence-electron chi connectivity index (χ3n) is 4.01. The monoisotopic (exact) mass is 371 g/mol. The maximum Gasteiger partial charge on any atom is 0.266 e. The van der Waals surface area contributed by atoms with Gasteiger partial charge in [-0.3, -0.25) is 14.2 Å². The average molecular weight is 371 g/mol. The first kappa shape index (κ1) is 18.1. The molecule has 0 fully saturated rings. The van der Waals surface area contributed by atoms with Crippen molar-refractivity contribution in [1.82, 2.24) is 9.55 Å². The highest BCUT2D eigenvalue weighted by Gasteiger charge is 2.19. The van der Waals surface area contributed by atoms with Gasteiger partial charge in [-0.25, -0.2) is 4.98 Å². The van der Waals surface area contributed by atoms with Gasteiger partial charge in [-0.15, -0.1) is 11.3 Å². The maximum atomic E-state index is 12.7. The number of nitrogens with one attached hydrogen (secondary N) is 1. The Bertz CT molecular complexity index is 990. The van der Waals surface area contributed by atoms with Gasteiger partial charge in [0, 0.05) is 12.2 Å². The van der Waals surface area contributed by atoms with Crippen LogP contribution in [0.5, 0.6) is 5.75 Å². The molecular formula is C19H21N3O3S. The SMILES string of the molecule is CCCn1cnc2sc(C(=O)Nc3ccc(OCC)cc3)c(C)c2c1=O. The molecule has 0 unspecified atom stereocenters. The number of anilines is 1. The summed E-state index contributed by atoms with van der Waals surface area (Å²) in [6.45, 7) is 6.93. The van der Waals surface area contributed by atoms with Gasteiger partial charge in [0.1, 0.15) is 10.6 Å². The summed E-state index contributed by atoms with van der Waals surface area (Å²) in [7, 11) is 0. The van der Waals surface area contributed by atoms with Crippen LogP contribution in [0.2, 0.25) is 0 Å². The van der Waals surface area contributed by atoms with E-state index in [0.717, 1.165) is 12.2 Å². The third-order valence-corrected chi connectivity index (χ3v) is 5.21. The van der Waals surface area contributed by atoms with Gasteiger partial charge in [0.15, 0.2) is 0 Å². The van der Waals surface area contributed by atoms with E-state index < -0.39 is 0 Å². The molecule has 0 aliphatic rings. The molecule has 3 rings (SSSR count). The second kappa shape index (κ2) is 7.70. The molecule has 2 heterocycles. The van der Waals surface area contributed by atoms with Crippen molar-refractivity contribution < 1.29 is 9.53 Å². The first-order valence-electron chi connectivity index (χ1n) is 8.57. The first-order valence-corrected chi connectivity index (χ1v) is 9.39. The van der Waals surface area contributed by atoms with Crippen LogP contribution in [0.15, 0.2) is 35.4 Å². The lowest BCUT2D eigenvalue weighted by Gasteiger charge is -2.06. The Balaban J connectivity index is 1.89. The molecule has 3 aromatic rings. The molecule has 0 bridgehead atoms. The molecule has 1 aromatic carbocycles. The van der Waals surface area contributed by atoms with Gasteiger partial charge < -0.3 is 10.1 Å². The molecule has 7 heteroatoms. The normalized spacial score (nSPS) is 10.9. The number of aromatic nitrogens is 2. The summed E-state index contributed by atoms with van der Waals surface area (Å²) in [5.74, 6) is 0.514. The van der Waals surface area contributed by atoms with Crippen molar-refractivity contribution in [3.05, 3.63) is 51.4 Å². The quantitative estimate of drug-likeness (QED) is 0.715. The van der Waals surface area contributed by atoms with Crippen LogP contribution in [-0.4, -0.2) is 22.1 Å². The summed E-state index contributed by atoms with van der Waals surface area (Å²) in [5.41, 5.74) is 1.26. The van der Waals surface area contributed by atoms with Crippen molar-refractivity contribution in [3.63, 3.8) is 0 Å². The van der Waals surface area contributed by atoms with Gasteiger partial charge >= 0.3 is 0 Å². The van der Waals surface area contributed by atoms with Crippen LogP contribution in [0, 0.1) is 6.92 Å². The zero-order valence-electron chi connectivity index (χ0n) is 15.0. The van der Waals surface area contributed by atoms with E-state index in [-0.39, 0.29) is 11.5 Å². The summed E-state index contributed by atoms with van der Waals surface area (Å²) in [6, 6.07) is 7.19. The third kappa shape index (κ3) is 3.48. The van der Waals surface area contributed by atoms with Crippen molar-refractivity contribution in [1.29, 1.82) is 0 Å². The number of fused-ring (bicyclic) bond motifs is 1. The number of benzene rings is 1. The van der Waals surface area contributed by atoms with Gasteiger partial charge in [-0.05, 0) is 50.1 Å². The van der Waals surface area contributed by atoms with E-state index in [4.69, 9.17) is 4.74 Å². The van der Waals surface area contributed by atoms with Crippen LogP contribution >= 0.6 is 11.3 Å². The smallest absolute Gasteiger partial charge is 0.266 e. The minimum atomic E-state index is -0.240. The van der Waals surface area contributed by atoms with Gasteiger partial charge in [0.25, 0.3) is 11.5 Å². The van der Waals surface area contributed by atoms with E-state index >= 15 is 0 Å². The fourth-order valence-corrected chi connectivity index (χ4v) is 3.80. The molecule has 1 N–H and O–H groups in total. The van der Waals surface area contributed by atoms with Crippen molar-refractivity contribution in [2.75, 3.05) is 11.9 Å². The molecule has 0 saturated carbocycles. The minimum absolute atomic E-state index is 0.0919. The van der Waals surface area contributed by atoms with Crippen molar-refractivity contribution >= 4 is 33.1 Å². The number of amides is 1. The number of nitrogens with zero attached hydrogens (tertiary/aromatic N) is 2. The van der Waals surface area contributed by atoms with E-state index in [1.807, 2.05) is 26.0 Å². The van der Waals surface area contributed by atoms with Crippen LogP contribution in [0.25, 0.3) is 10.2 Å². The number of thiophene rings is 1. The summed E-state index contributed by atoms with van der Waals surface area (Å²) in [5, 5.41) is 3.40. The van der Waals surface area contributed by atoms with E-state index in [0.29, 0.717) is 39.5 Å². The number of ether oxygens (including phenoxy) is 1. The fourth-order valence-electron chi connectivity index (χ4n) is 2.76. The topological polar surface area (TPSA) is 73.2 Å². The predicted molar refractivity (Wildman–Crippen MR) is 104 cm³/mol. The molecule has 1 amide bonds. The van der Waals surface area contributed by atoms with Crippen LogP contribution in [0.3, 0.4) is 0 Å². The highest BCUT2D eigenvalue weighted by Crippen LogP contribution is 2.28. The summed E-state index contributed by atoms with van der Waals surface area (Å²) in [4.78, 5) is 30.7. The fraction of sp³-hybridized carbons (Fsp3) is 0.316. The number of hydrogen-bond acceptors (Lipinski definition) is 5. The average Bonchev–Trinajstić information content (AvgIpc) is 2.97. The summed E-state index contributed by atoms with van der Waals surface area (Å²) in [6.07, 6.45) is 2.40. The van der Waals surface area contributed by atoms with Gasteiger partial charge in [0.05, 0.1) is 23.2 Å². The van der Waals surface area contributed by atoms with Gasteiger partial charge in [-0.1, -0.05) is 6.92 Å². The highest BCUT2D eigenvalue weighted by atomic mass is 32.1. The van der Waals surface area contributed by atoms with Crippen molar-refractivity contribution in [2.24, 2.45) is 0 Å². The Labute approximate surface area is 155 Å². The molecule has 0 saturated heterocycles. The Morgan fingerprint density at radius 3 is 2.65 bits per heavy atom. The Morgan fingerprint density at radius 2 is 2.00 bits per heavy atom. The molecule has 6 nitrogen and oxygen atoms in total. The molecule has 0 aliphatic carbocycles. The molecule has 0 atom stereocenters. The Hall–Kier alpha value is -2.67. The summed E-state index contributed by atoms with van der Waals surface area (Å²) >= 11 is 1.24. The lowest BCUT2D eigenvalue weighted by molar-refractivity contribution is 0.103. The maximum absolute atomic E-state index is 12.7. The molecule has 0 spiro atoms. The number of aryl methyl sites for hydroxylation is 2. The Morgan fingerprint density at radius 1 is 1.27 bits per heavy atom. The molecular weight excluding hydrogens is 350 g/mol. The number of carbonyl (C=O) groups excluding carboxylic acids is 1. The number of rotatable bonds is 6. The first-order chi connectivity index (χ1) is 12.5. The molecule has 26 heavy (non-hydrogen) atoms. The van der Waals surface area contributed by atoms with Crippen molar-refractivity contribution in [2.45, 2.75) is 33.7 Å². The number of hydrogen-bond donors (Lipinski definition) is 1. The lowest BCUT2D eigenvalue weighted by Crippen LogP contribution is -2.20. The van der Waals surface area contributed by atoms with Crippen molar-refractivity contribution in [3.8, 4) is 5.75 Å². The van der Waals surface area contributed by atoms with Crippen LogP contribution in [0.4, 0.5) is 5.69 Å². The minimum Gasteiger partial charge on any atom is -0.494 e. The van der Waals surface area contributed by atoms with E-state index in [2.05, 4.69) is 10.3 Å². The largest absolute Gasteiger partial charge is 0.494 e. The van der Waals surface area contributed by atoms with Crippen LogP contribution in [-0.2, 0) is 6.54 Å². The zero-order valence-corrected chi connectivity index (χ0v) is 15.9. The molecule has 136 valence electrons. The van der Waals surface area contributed by atoms with Gasteiger partial charge in [-0.2, -0.15) is 0 Å². The number of carbonyl (C=O) groups is 1. The molecule has 0 radical (unpaired) electrons. The predicted octanol–water partition coefficient (Wildman–Crippen LogP) is 3.83. The van der Waals surface area contributed by atoms with E-state index in [1.54, 1.807) is 30.0 Å². The highest BCUT2D eigenvalue weighted by molar-refractivity contribution is 7.20. The second-order valence-corrected chi connectivity index (χ2v) is 6.89. The molecule has 2 aromatic heterocycles. The summed E-state index contributed by atoms with van der Waals surface area (Å²) < 4.78 is 6.99. The Kier molecular flexibility index (Phi) is 5.37.